The number of benzene rings is 1. The van der Waals surface area contributed by atoms with Crippen LogP contribution in [0.3, 0.4) is 0 Å². The minimum Gasteiger partial charge on any atom is -0.494 e. The van der Waals surface area contributed by atoms with E-state index in [1.54, 1.807) is 24.4 Å². The van der Waals surface area contributed by atoms with Crippen LogP contribution in [0.5, 0.6) is 5.75 Å². The lowest BCUT2D eigenvalue weighted by Gasteiger charge is -2.06. The fourth-order valence-electron chi connectivity index (χ4n) is 1.45. The van der Waals surface area contributed by atoms with Gasteiger partial charge >= 0.3 is 0 Å². The number of nitrogens with zero attached hydrogens (tertiary/aromatic N) is 2. The number of amides is 1. The first-order chi connectivity index (χ1) is 8.79. The summed E-state index contributed by atoms with van der Waals surface area (Å²) in [5, 5.41) is 2.66. The Morgan fingerprint density at radius 3 is 3.00 bits per heavy atom. The average molecular weight is 243 g/mol. The molecule has 5 heteroatoms. The van der Waals surface area contributed by atoms with E-state index in [1.165, 1.54) is 12.4 Å². The molecule has 1 heterocycles. The zero-order valence-electron chi connectivity index (χ0n) is 9.96. The molecule has 1 amide bonds. The minimum absolute atomic E-state index is 0.239. The smallest absolute Gasteiger partial charge is 0.256 e. The second kappa shape index (κ2) is 5.77. The lowest BCUT2D eigenvalue weighted by molar-refractivity contribution is 0.102. The van der Waals surface area contributed by atoms with Crippen molar-refractivity contribution in [2.75, 3.05) is 11.9 Å². The number of anilines is 1. The monoisotopic (exact) mass is 243 g/mol. The first-order valence-corrected chi connectivity index (χ1v) is 5.60. The molecule has 5 nitrogen and oxygen atoms in total. The number of carbonyl (C=O) groups excluding carboxylic acids is 1. The van der Waals surface area contributed by atoms with Crippen molar-refractivity contribution in [1.29, 1.82) is 0 Å². The highest BCUT2D eigenvalue weighted by Gasteiger charge is 2.07. The maximum atomic E-state index is 11.9. The normalized spacial score (nSPS) is 9.83. The molecule has 1 aromatic carbocycles. The molecule has 0 aliphatic heterocycles. The van der Waals surface area contributed by atoms with Crippen molar-refractivity contribution in [3.05, 3.63) is 48.4 Å². The largest absolute Gasteiger partial charge is 0.494 e. The van der Waals surface area contributed by atoms with Crippen LogP contribution in [-0.4, -0.2) is 22.5 Å². The first kappa shape index (κ1) is 12.0. The highest BCUT2D eigenvalue weighted by Crippen LogP contribution is 2.14. The van der Waals surface area contributed by atoms with Gasteiger partial charge in [0.05, 0.1) is 12.8 Å². The van der Waals surface area contributed by atoms with E-state index in [2.05, 4.69) is 15.3 Å². The van der Waals surface area contributed by atoms with Crippen LogP contribution in [-0.2, 0) is 0 Å². The Kier molecular flexibility index (Phi) is 3.86. The third-order valence-corrected chi connectivity index (χ3v) is 2.21. The molecule has 1 aromatic heterocycles. The van der Waals surface area contributed by atoms with E-state index in [1.807, 2.05) is 13.0 Å². The van der Waals surface area contributed by atoms with Crippen molar-refractivity contribution in [2.45, 2.75) is 6.92 Å². The SMILES string of the molecule is CCOc1cccc(C(=O)Nc2cnccn2)c1. The van der Waals surface area contributed by atoms with Gasteiger partial charge in [-0.1, -0.05) is 6.07 Å². The van der Waals surface area contributed by atoms with Crippen molar-refractivity contribution >= 4 is 11.7 Å². The van der Waals surface area contributed by atoms with E-state index in [0.717, 1.165) is 0 Å². The lowest BCUT2D eigenvalue weighted by Crippen LogP contribution is -2.13. The zero-order chi connectivity index (χ0) is 12.8. The molecule has 92 valence electrons. The van der Waals surface area contributed by atoms with Crippen LogP contribution in [0.2, 0.25) is 0 Å². The van der Waals surface area contributed by atoms with E-state index in [0.29, 0.717) is 23.7 Å². The Bertz CT molecular complexity index is 529. The van der Waals surface area contributed by atoms with Gasteiger partial charge in [0.15, 0.2) is 5.82 Å². The summed E-state index contributed by atoms with van der Waals surface area (Å²) < 4.78 is 5.34. The quantitative estimate of drug-likeness (QED) is 0.893. The first-order valence-electron chi connectivity index (χ1n) is 5.60. The zero-order valence-corrected chi connectivity index (χ0v) is 9.96. The molecule has 0 unspecified atom stereocenters. The molecular weight excluding hydrogens is 230 g/mol. The molecule has 2 rings (SSSR count). The van der Waals surface area contributed by atoms with Gasteiger partial charge < -0.3 is 10.1 Å². The molecule has 0 spiro atoms. The van der Waals surface area contributed by atoms with Gasteiger partial charge in [-0.3, -0.25) is 9.78 Å². The van der Waals surface area contributed by atoms with Gasteiger partial charge in [-0.05, 0) is 25.1 Å². The average Bonchev–Trinajstić information content (AvgIpc) is 2.40. The number of hydrogen-bond acceptors (Lipinski definition) is 4. The summed E-state index contributed by atoms with van der Waals surface area (Å²) >= 11 is 0. The molecule has 0 aliphatic rings. The van der Waals surface area contributed by atoms with Crippen LogP contribution in [0.15, 0.2) is 42.9 Å². The van der Waals surface area contributed by atoms with E-state index in [-0.39, 0.29) is 5.91 Å². The van der Waals surface area contributed by atoms with Crippen LogP contribution < -0.4 is 10.1 Å². The summed E-state index contributed by atoms with van der Waals surface area (Å²) in [7, 11) is 0. The fraction of sp³-hybridized carbons (Fsp3) is 0.154. The molecule has 0 saturated heterocycles. The second-order valence-electron chi connectivity index (χ2n) is 3.51. The standard InChI is InChI=1S/C13H13N3O2/c1-2-18-11-5-3-4-10(8-11)13(17)16-12-9-14-6-7-15-12/h3-9H,2H2,1H3,(H,15,16,17). The third-order valence-electron chi connectivity index (χ3n) is 2.21. The summed E-state index contributed by atoms with van der Waals surface area (Å²) in [5.41, 5.74) is 0.520. The number of ether oxygens (including phenoxy) is 1. The highest BCUT2D eigenvalue weighted by atomic mass is 16.5. The van der Waals surface area contributed by atoms with Crippen molar-refractivity contribution < 1.29 is 9.53 Å². The predicted octanol–water partition coefficient (Wildman–Crippen LogP) is 2.13. The predicted molar refractivity (Wildman–Crippen MR) is 67.6 cm³/mol. The molecular formula is C13H13N3O2. The van der Waals surface area contributed by atoms with Crippen LogP contribution in [0.4, 0.5) is 5.82 Å². The van der Waals surface area contributed by atoms with Crippen molar-refractivity contribution in [2.24, 2.45) is 0 Å². The maximum absolute atomic E-state index is 11.9. The molecule has 0 atom stereocenters. The Morgan fingerprint density at radius 1 is 1.39 bits per heavy atom. The van der Waals surface area contributed by atoms with Crippen molar-refractivity contribution in [1.82, 2.24) is 9.97 Å². The van der Waals surface area contributed by atoms with Crippen LogP contribution in [0, 0.1) is 0 Å². The molecule has 0 bridgehead atoms. The summed E-state index contributed by atoms with van der Waals surface area (Å²) in [6.07, 6.45) is 4.56. The Morgan fingerprint density at radius 2 is 2.28 bits per heavy atom. The minimum atomic E-state index is -0.239. The molecule has 0 radical (unpaired) electrons. The van der Waals surface area contributed by atoms with E-state index < -0.39 is 0 Å². The molecule has 0 fully saturated rings. The molecule has 0 saturated carbocycles. The van der Waals surface area contributed by atoms with E-state index >= 15 is 0 Å². The van der Waals surface area contributed by atoms with E-state index in [4.69, 9.17) is 4.74 Å². The number of hydrogen-bond donors (Lipinski definition) is 1. The van der Waals surface area contributed by atoms with Gasteiger partial charge in [0, 0.05) is 18.0 Å². The van der Waals surface area contributed by atoms with E-state index in [9.17, 15) is 4.79 Å². The molecule has 1 N–H and O–H groups in total. The van der Waals surface area contributed by atoms with Gasteiger partial charge in [0.25, 0.3) is 5.91 Å². The Hall–Kier alpha value is -2.43. The Labute approximate surface area is 105 Å². The Balaban J connectivity index is 2.11. The van der Waals surface area contributed by atoms with Gasteiger partial charge in [-0.2, -0.15) is 0 Å². The van der Waals surface area contributed by atoms with Crippen molar-refractivity contribution in [3.63, 3.8) is 0 Å². The van der Waals surface area contributed by atoms with Crippen LogP contribution >= 0.6 is 0 Å². The van der Waals surface area contributed by atoms with Gasteiger partial charge in [0.2, 0.25) is 0 Å². The number of aromatic nitrogens is 2. The topological polar surface area (TPSA) is 64.1 Å². The van der Waals surface area contributed by atoms with Crippen molar-refractivity contribution in [3.8, 4) is 5.75 Å². The highest BCUT2D eigenvalue weighted by molar-refractivity contribution is 6.03. The van der Waals surface area contributed by atoms with Gasteiger partial charge in [-0.25, -0.2) is 4.98 Å². The number of carbonyl (C=O) groups is 1. The summed E-state index contributed by atoms with van der Waals surface area (Å²) in [5.74, 6) is 0.852. The fourth-order valence-corrected chi connectivity index (χ4v) is 1.45. The second-order valence-corrected chi connectivity index (χ2v) is 3.51. The van der Waals surface area contributed by atoms with Crippen LogP contribution in [0.1, 0.15) is 17.3 Å². The lowest BCUT2D eigenvalue weighted by atomic mass is 10.2. The summed E-state index contributed by atoms with van der Waals surface area (Å²) in [6.45, 7) is 2.46. The number of nitrogens with one attached hydrogen (secondary N) is 1. The molecule has 2 aromatic rings. The summed E-state index contributed by atoms with van der Waals surface area (Å²) in [4.78, 5) is 19.8. The number of rotatable bonds is 4. The van der Waals surface area contributed by atoms with Gasteiger partial charge in [-0.15, -0.1) is 0 Å². The van der Waals surface area contributed by atoms with Crippen LogP contribution in [0.25, 0.3) is 0 Å². The van der Waals surface area contributed by atoms with Gasteiger partial charge in [0.1, 0.15) is 5.75 Å². The molecule has 18 heavy (non-hydrogen) atoms. The summed E-state index contributed by atoms with van der Waals surface area (Å²) in [6, 6.07) is 6.99. The third kappa shape index (κ3) is 3.04. The maximum Gasteiger partial charge on any atom is 0.256 e. The molecule has 0 aliphatic carbocycles.